The van der Waals surface area contributed by atoms with Crippen LogP contribution in [0.2, 0.25) is 0 Å². The van der Waals surface area contributed by atoms with Crippen molar-refractivity contribution in [2.45, 2.75) is 4.90 Å². The van der Waals surface area contributed by atoms with Gasteiger partial charge in [-0.25, -0.2) is 13.2 Å². The van der Waals surface area contributed by atoms with Gasteiger partial charge in [-0.3, -0.25) is 4.79 Å². The first-order valence-electron chi connectivity index (χ1n) is 7.39. The predicted octanol–water partition coefficient (Wildman–Crippen LogP) is 2.03. The molecule has 0 aliphatic heterocycles. The third-order valence-electron chi connectivity index (χ3n) is 3.10. The molecule has 0 radical (unpaired) electrons. The molecule has 142 valence electrons. The first kappa shape index (κ1) is 21.5. The van der Waals surface area contributed by atoms with Crippen LogP contribution in [0.1, 0.15) is 0 Å². The second-order valence-electron chi connectivity index (χ2n) is 5.14. The molecule has 0 spiro atoms. The van der Waals surface area contributed by atoms with Gasteiger partial charge in [-0.1, -0.05) is 19.2 Å². The highest BCUT2D eigenvalue weighted by Crippen LogP contribution is 2.13. The summed E-state index contributed by atoms with van der Waals surface area (Å²) in [5.41, 5.74) is 11.8. The molecule has 2 rings (SSSR count). The Morgan fingerprint density at radius 2 is 1.63 bits per heavy atom. The van der Waals surface area contributed by atoms with Crippen LogP contribution in [0.5, 0.6) is 0 Å². The molecule has 8 nitrogen and oxygen atoms in total. The molecule has 1 amide bonds. The number of nitrogens with two attached hydrogens (primary N) is 2. The number of aliphatic carboxylic acids is 1. The van der Waals surface area contributed by atoms with E-state index in [4.69, 9.17) is 16.6 Å². The summed E-state index contributed by atoms with van der Waals surface area (Å²) >= 11 is 0. The van der Waals surface area contributed by atoms with E-state index >= 15 is 0 Å². The number of hydrogen-bond donors (Lipinski definition) is 4. The van der Waals surface area contributed by atoms with Crippen LogP contribution in [0.3, 0.4) is 0 Å². The van der Waals surface area contributed by atoms with Gasteiger partial charge in [0.1, 0.15) is 5.57 Å². The number of nitrogen functional groups attached to an aromatic ring is 2. The van der Waals surface area contributed by atoms with Gasteiger partial charge in [-0.05, 0) is 42.5 Å². The van der Waals surface area contributed by atoms with E-state index in [0.29, 0.717) is 17.1 Å². The summed E-state index contributed by atoms with van der Waals surface area (Å²) in [6.07, 6.45) is 0. The van der Waals surface area contributed by atoms with Crippen molar-refractivity contribution in [1.82, 2.24) is 0 Å². The maximum Gasteiger partial charge on any atom is 0.340 e. The third-order valence-corrected chi connectivity index (χ3v) is 4.47. The van der Waals surface area contributed by atoms with E-state index < -0.39 is 27.3 Å². The number of carbonyl (C=O) groups is 2. The number of carboxylic acids is 1. The van der Waals surface area contributed by atoms with Crippen LogP contribution < -0.4 is 16.8 Å². The lowest BCUT2D eigenvalue weighted by Gasteiger charge is -2.04. The zero-order valence-electron chi connectivity index (χ0n) is 14.3. The van der Waals surface area contributed by atoms with Crippen LogP contribution in [0.15, 0.2) is 77.6 Å². The van der Waals surface area contributed by atoms with Crippen molar-refractivity contribution in [3.63, 3.8) is 0 Å². The van der Waals surface area contributed by atoms with Crippen molar-refractivity contribution in [3.8, 4) is 0 Å². The number of amides is 1. The maximum absolute atomic E-state index is 11.2. The molecule has 0 unspecified atom stereocenters. The number of hydrogen-bond acceptors (Lipinski definition) is 6. The molecule has 0 fully saturated rings. The van der Waals surface area contributed by atoms with Crippen LogP contribution in [0, 0.1) is 0 Å². The Kier molecular flexibility index (Phi) is 7.31. The lowest BCUT2D eigenvalue weighted by Crippen LogP contribution is -2.19. The lowest BCUT2D eigenvalue weighted by atomic mass is 10.2. The van der Waals surface area contributed by atoms with E-state index in [9.17, 15) is 18.0 Å². The Labute approximate surface area is 156 Å². The summed E-state index contributed by atoms with van der Waals surface area (Å²) in [4.78, 5) is 21.9. The van der Waals surface area contributed by atoms with Gasteiger partial charge in [0.2, 0.25) is 0 Å². The van der Waals surface area contributed by atoms with Gasteiger partial charge in [0.25, 0.3) is 5.91 Å². The van der Waals surface area contributed by atoms with Crippen molar-refractivity contribution in [2.75, 3.05) is 16.8 Å². The van der Waals surface area contributed by atoms with Gasteiger partial charge in [0, 0.05) is 22.5 Å². The number of nitrogens with one attached hydrogen (secondary N) is 1. The monoisotopic (exact) mass is 389 g/mol. The quantitative estimate of drug-likeness (QED) is 0.264. The van der Waals surface area contributed by atoms with E-state index in [1.54, 1.807) is 18.2 Å². The number of benzene rings is 2. The SMILES string of the molecule is C=C(C(=O)O)C(=O)Nc1cccc(N)c1.C=CS(=O)(=O)c1ccc(N)cc1. The molecule has 0 heterocycles. The molecule has 2 aromatic carbocycles. The van der Waals surface area contributed by atoms with Crippen molar-refractivity contribution in [1.29, 1.82) is 0 Å². The third kappa shape index (κ3) is 6.67. The smallest absolute Gasteiger partial charge is 0.340 e. The van der Waals surface area contributed by atoms with Crippen LogP contribution in [0.4, 0.5) is 17.1 Å². The highest BCUT2D eigenvalue weighted by Gasteiger charge is 2.14. The Morgan fingerprint density at radius 3 is 2.11 bits per heavy atom. The van der Waals surface area contributed by atoms with E-state index in [2.05, 4.69) is 18.5 Å². The Bertz CT molecular complexity index is 967. The predicted molar refractivity (Wildman–Crippen MR) is 104 cm³/mol. The highest BCUT2D eigenvalue weighted by atomic mass is 32.2. The Hall–Kier alpha value is -3.59. The molecule has 0 aromatic heterocycles. The normalized spacial score (nSPS) is 10.1. The van der Waals surface area contributed by atoms with Gasteiger partial charge >= 0.3 is 5.97 Å². The van der Waals surface area contributed by atoms with Gasteiger partial charge in [-0.15, -0.1) is 0 Å². The average molecular weight is 389 g/mol. The second kappa shape index (κ2) is 9.20. The minimum Gasteiger partial charge on any atom is -0.478 e. The number of carbonyl (C=O) groups excluding carboxylic acids is 1. The van der Waals surface area contributed by atoms with Crippen molar-refractivity contribution in [2.24, 2.45) is 0 Å². The molecular weight excluding hydrogens is 370 g/mol. The number of anilines is 3. The van der Waals surface area contributed by atoms with Gasteiger partial charge in [-0.2, -0.15) is 0 Å². The van der Waals surface area contributed by atoms with E-state index in [1.807, 2.05) is 0 Å². The zero-order valence-corrected chi connectivity index (χ0v) is 15.1. The lowest BCUT2D eigenvalue weighted by molar-refractivity contribution is -0.134. The fourth-order valence-electron chi connectivity index (χ4n) is 1.67. The van der Waals surface area contributed by atoms with Crippen molar-refractivity contribution in [3.05, 3.63) is 72.7 Å². The van der Waals surface area contributed by atoms with Gasteiger partial charge < -0.3 is 21.9 Å². The summed E-state index contributed by atoms with van der Waals surface area (Å²) in [7, 11) is -3.31. The first-order valence-corrected chi connectivity index (χ1v) is 8.93. The van der Waals surface area contributed by atoms with Gasteiger partial charge in [0.15, 0.2) is 9.84 Å². The topological polar surface area (TPSA) is 153 Å². The van der Waals surface area contributed by atoms with Crippen LogP contribution in [-0.2, 0) is 19.4 Å². The molecule has 0 aliphatic rings. The molecule has 0 bridgehead atoms. The number of sulfone groups is 1. The fourth-order valence-corrected chi connectivity index (χ4v) is 2.38. The zero-order chi connectivity index (χ0) is 20.6. The molecule has 6 N–H and O–H groups in total. The summed E-state index contributed by atoms with van der Waals surface area (Å²) in [6, 6.07) is 12.4. The molecule has 27 heavy (non-hydrogen) atoms. The average Bonchev–Trinajstić information content (AvgIpc) is 2.62. The molecule has 0 saturated carbocycles. The standard InChI is InChI=1S/C10H10N2O3.C8H9NO2S/c1-6(10(14)15)9(13)12-8-4-2-3-7(11)5-8;1-2-12(10,11)8-5-3-7(9)4-6-8/h2-5H,1,11H2,(H,12,13)(H,14,15);2-6H,1,9H2. The van der Waals surface area contributed by atoms with Crippen molar-refractivity contribution >= 4 is 38.8 Å². The largest absolute Gasteiger partial charge is 0.478 e. The second-order valence-corrected chi connectivity index (χ2v) is 7.04. The van der Waals surface area contributed by atoms with E-state index in [0.717, 1.165) is 5.41 Å². The Morgan fingerprint density at radius 1 is 1.04 bits per heavy atom. The van der Waals surface area contributed by atoms with Crippen LogP contribution >= 0.6 is 0 Å². The first-order chi connectivity index (χ1) is 12.6. The molecule has 0 atom stereocenters. The number of carboxylic acid groups (broad SMARTS) is 1. The minimum absolute atomic E-state index is 0.215. The maximum atomic E-state index is 11.2. The number of rotatable bonds is 5. The molecule has 0 saturated heterocycles. The molecule has 9 heteroatoms. The Balaban J connectivity index is 0.000000277. The van der Waals surface area contributed by atoms with Crippen LogP contribution in [-0.4, -0.2) is 25.4 Å². The van der Waals surface area contributed by atoms with Gasteiger partial charge in [0.05, 0.1) is 4.90 Å². The summed E-state index contributed by atoms with van der Waals surface area (Å²) in [5, 5.41) is 11.8. The molecule has 2 aromatic rings. The minimum atomic E-state index is -3.31. The molecule has 0 aliphatic carbocycles. The highest BCUT2D eigenvalue weighted by molar-refractivity contribution is 7.94. The summed E-state index contributed by atoms with van der Waals surface area (Å²) in [5.74, 6) is -2.11. The van der Waals surface area contributed by atoms with E-state index in [1.165, 1.54) is 30.3 Å². The fraction of sp³-hybridized carbons (Fsp3) is 0. The molecular formula is C18H19N3O5S. The van der Waals surface area contributed by atoms with Crippen LogP contribution in [0.25, 0.3) is 0 Å². The van der Waals surface area contributed by atoms with E-state index in [-0.39, 0.29) is 4.90 Å². The summed E-state index contributed by atoms with van der Waals surface area (Å²) in [6.45, 7) is 6.34. The van der Waals surface area contributed by atoms with Crippen molar-refractivity contribution < 1.29 is 23.1 Å². The summed E-state index contributed by atoms with van der Waals surface area (Å²) < 4.78 is 22.3.